The van der Waals surface area contributed by atoms with Crippen molar-refractivity contribution >= 4 is 17.6 Å². The zero-order chi connectivity index (χ0) is 12.1. The summed E-state index contributed by atoms with van der Waals surface area (Å²) in [5, 5.41) is 4.97. The van der Waals surface area contributed by atoms with Crippen molar-refractivity contribution in [1.29, 1.82) is 0 Å². The van der Waals surface area contributed by atoms with Crippen LogP contribution in [0.15, 0.2) is 24.3 Å². The third-order valence-corrected chi connectivity index (χ3v) is 2.07. The molecule has 4 N–H and O–H groups in total. The van der Waals surface area contributed by atoms with Gasteiger partial charge in [0, 0.05) is 5.69 Å². The average molecular weight is 221 g/mol. The van der Waals surface area contributed by atoms with Crippen molar-refractivity contribution in [1.82, 2.24) is 5.32 Å². The molecule has 86 valence electrons. The predicted octanol–water partition coefficient (Wildman–Crippen LogP) is 0.990. The molecule has 5 nitrogen and oxygen atoms in total. The summed E-state index contributed by atoms with van der Waals surface area (Å²) < 4.78 is 0. The molecule has 0 saturated carbocycles. The van der Waals surface area contributed by atoms with Crippen molar-refractivity contribution < 1.29 is 9.59 Å². The minimum Gasteiger partial charge on any atom is -0.352 e. The van der Waals surface area contributed by atoms with E-state index in [0.717, 1.165) is 5.56 Å². The Morgan fingerprint density at radius 1 is 1.25 bits per heavy atom. The van der Waals surface area contributed by atoms with E-state index >= 15 is 0 Å². The second kappa shape index (κ2) is 5.16. The standard InChI is InChI=1S/C11H15N3O2/c1-7-3-5-9(6-4-7)14-10(15)8(2)13-11(12)16/h3-6,8H,1-2H3,(H,14,15)(H3,12,13,16). The van der Waals surface area contributed by atoms with Gasteiger partial charge in [0.15, 0.2) is 0 Å². The molecule has 0 bridgehead atoms. The van der Waals surface area contributed by atoms with E-state index in [2.05, 4.69) is 10.6 Å². The number of aryl methyl sites for hydroxylation is 1. The third-order valence-electron chi connectivity index (χ3n) is 2.07. The van der Waals surface area contributed by atoms with Crippen LogP contribution in [0.1, 0.15) is 12.5 Å². The van der Waals surface area contributed by atoms with E-state index in [9.17, 15) is 9.59 Å². The van der Waals surface area contributed by atoms with Crippen molar-refractivity contribution in [3.63, 3.8) is 0 Å². The van der Waals surface area contributed by atoms with E-state index in [0.29, 0.717) is 5.69 Å². The summed E-state index contributed by atoms with van der Waals surface area (Å²) in [7, 11) is 0. The van der Waals surface area contributed by atoms with Gasteiger partial charge in [-0.15, -0.1) is 0 Å². The zero-order valence-corrected chi connectivity index (χ0v) is 9.28. The van der Waals surface area contributed by atoms with Crippen LogP contribution in [0.25, 0.3) is 0 Å². The molecule has 0 heterocycles. The number of hydrogen-bond donors (Lipinski definition) is 3. The van der Waals surface area contributed by atoms with Crippen molar-refractivity contribution in [3.05, 3.63) is 29.8 Å². The van der Waals surface area contributed by atoms with Gasteiger partial charge in [-0.2, -0.15) is 0 Å². The fraction of sp³-hybridized carbons (Fsp3) is 0.273. The first-order valence-electron chi connectivity index (χ1n) is 4.92. The maximum atomic E-state index is 11.6. The highest BCUT2D eigenvalue weighted by molar-refractivity contribution is 5.96. The SMILES string of the molecule is Cc1ccc(NC(=O)C(C)NC(N)=O)cc1. The van der Waals surface area contributed by atoms with Gasteiger partial charge in [-0.3, -0.25) is 4.79 Å². The molecule has 1 rings (SSSR count). The lowest BCUT2D eigenvalue weighted by molar-refractivity contribution is -0.117. The van der Waals surface area contributed by atoms with Crippen LogP contribution in [-0.4, -0.2) is 18.0 Å². The van der Waals surface area contributed by atoms with E-state index in [1.807, 2.05) is 19.1 Å². The van der Waals surface area contributed by atoms with Crippen LogP contribution in [0.5, 0.6) is 0 Å². The Morgan fingerprint density at radius 2 is 1.81 bits per heavy atom. The fourth-order valence-electron chi connectivity index (χ4n) is 1.17. The number of nitrogens with one attached hydrogen (secondary N) is 2. The Labute approximate surface area is 94.0 Å². The van der Waals surface area contributed by atoms with E-state index < -0.39 is 12.1 Å². The molecule has 1 aromatic rings. The predicted molar refractivity (Wildman–Crippen MR) is 62.0 cm³/mol. The van der Waals surface area contributed by atoms with Crippen molar-refractivity contribution in [2.75, 3.05) is 5.32 Å². The van der Waals surface area contributed by atoms with Crippen LogP contribution in [0.2, 0.25) is 0 Å². The maximum Gasteiger partial charge on any atom is 0.312 e. The molecule has 1 unspecified atom stereocenters. The van der Waals surface area contributed by atoms with E-state index in [4.69, 9.17) is 5.73 Å². The molecule has 0 aliphatic carbocycles. The number of rotatable bonds is 3. The van der Waals surface area contributed by atoms with Crippen LogP contribution in [-0.2, 0) is 4.79 Å². The lowest BCUT2D eigenvalue weighted by atomic mass is 10.2. The minimum absolute atomic E-state index is 0.303. The fourth-order valence-corrected chi connectivity index (χ4v) is 1.17. The summed E-state index contributed by atoms with van der Waals surface area (Å²) in [6.45, 7) is 3.52. The Balaban J connectivity index is 2.57. The Bertz CT molecular complexity index is 387. The molecule has 1 atom stereocenters. The molecule has 0 saturated heterocycles. The molecule has 16 heavy (non-hydrogen) atoms. The number of anilines is 1. The topological polar surface area (TPSA) is 84.2 Å². The second-order valence-corrected chi connectivity index (χ2v) is 3.59. The molecule has 0 radical (unpaired) electrons. The molecule has 1 aromatic carbocycles. The van der Waals surface area contributed by atoms with Gasteiger partial charge < -0.3 is 16.4 Å². The zero-order valence-electron chi connectivity index (χ0n) is 9.28. The Hall–Kier alpha value is -2.04. The smallest absolute Gasteiger partial charge is 0.312 e. The van der Waals surface area contributed by atoms with Gasteiger partial charge in [-0.05, 0) is 26.0 Å². The summed E-state index contributed by atoms with van der Waals surface area (Å²) >= 11 is 0. The lowest BCUT2D eigenvalue weighted by Gasteiger charge is -2.12. The minimum atomic E-state index is -0.716. The summed E-state index contributed by atoms with van der Waals surface area (Å²) in [4.78, 5) is 22.1. The number of hydrogen-bond acceptors (Lipinski definition) is 2. The molecular formula is C11H15N3O2. The number of amides is 3. The molecule has 3 amide bonds. The average Bonchev–Trinajstić information content (AvgIpc) is 2.20. The molecule has 0 spiro atoms. The van der Waals surface area contributed by atoms with Crippen molar-refractivity contribution in [2.24, 2.45) is 5.73 Å². The first kappa shape index (κ1) is 12.0. The van der Waals surface area contributed by atoms with Crippen LogP contribution in [0, 0.1) is 6.92 Å². The summed E-state index contributed by atoms with van der Waals surface area (Å²) in [6.07, 6.45) is 0. The van der Waals surface area contributed by atoms with E-state index in [1.165, 1.54) is 0 Å². The van der Waals surface area contributed by atoms with E-state index in [-0.39, 0.29) is 5.91 Å². The second-order valence-electron chi connectivity index (χ2n) is 3.59. The van der Waals surface area contributed by atoms with Gasteiger partial charge in [-0.25, -0.2) is 4.79 Å². The highest BCUT2D eigenvalue weighted by atomic mass is 16.2. The number of nitrogens with two attached hydrogens (primary N) is 1. The highest BCUT2D eigenvalue weighted by Gasteiger charge is 2.13. The van der Waals surface area contributed by atoms with Gasteiger partial charge in [0.1, 0.15) is 6.04 Å². The first-order valence-corrected chi connectivity index (χ1v) is 4.92. The number of urea groups is 1. The summed E-state index contributed by atoms with van der Waals surface area (Å²) in [5.41, 5.74) is 6.72. The quantitative estimate of drug-likeness (QED) is 0.711. The highest BCUT2D eigenvalue weighted by Crippen LogP contribution is 2.08. The molecule has 0 aliphatic rings. The van der Waals surface area contributed by atoms with Crippen molar-refractivity contribution in [2.45, 2.75) is 19.9 Å². The van der Waals surface area contributed by atoms with Crippen LogP contribution < -0.4 is 16.4 Å². The molecule has 0 aromatic heterocycles. The van der Waals surface area contributed by atoms with E-state index in [1.54, 1.807) is 19.1 Å². The normalized spacial score (nSPS) is 11.6. The van der Waals surface area contributed by atoms with Crippen molar-refractivity contribution in [3.8, 4) is 0 Å². The van der Waals surface area contributed by atoms with Gasteiger partial charge in [0.2, 0.25) is 5.91 Å². The Kier molecular flexibility index (Phi) is 3.88. The largest absolute Gasteiger partial charge is 0.352 e. The molecule has 0 fully saturated rings. The number of primary amides is 1. The molecule has 5 heteroatoms. The summed E-state index contributed by atoms with van der Waals surface area (Å²) in [5.74, 6) is -0.303. The summed E-state index contributed by atoms with van der Waals surface area (Å²) in [6, 6.07) is 6.00. The molecule has 0 aliphatic heterocycles. The van der Waals surface area contributed by atoms with Gasteiger partial charge >= 0.3 is 6.03 Å². The van der Waals surface area contributed by atoms with Gasteiger partial charge in [0.05, 0.1) is 0 Å². The molecular weight excluding hydrogens is 206 g/mol. The Morgan fingerprint density at radius 3 is 2.31 bits per heavy atom. The number of benzene rings is 1. The lowest BCUT2D eigenvalue weighted by Crippen LogP contribution is -2.44. The number of carbonyl (C=O) groups excluding carboxylic acids is 2. The van der Waals surface area contributed by atoms with Crippen LogP contribution in [0.4, 0.5) is 10.5 Å². The third kappa shape index (κ3) is 3.61. The number of carbonyl (C=O) groups is 2. The first-order chi connectivity index (χ1) is 7.49. The monoisotopic (exact) mass is 221 g/mol. The van der Waals surface area contributed by atoms with Gasteiger partial charge in [0.25, 0.3) is 0 Å². The van der Waals surface area contributed by atoms with Gasteiger partial charge in [-0.1, -0.05) is 17.7 Å². The van der Waals surface area contributed by atoms with Crippen LogP contribution >= 0.6 is 0 Å². The van der Waals surface area contributed by atoms with Crippen LogP contribution in [0.3, 0.4) is 0 Å². The maximum absolute atomic E-state index is 11.6.